The maximum absolute atomic E-state index is 10.9. The topological polar surface area (TPSA) is 108 Å². The van der Waals surface area contributed by atoms with Crippen LogP contribution in [0.1, 0.15) is 36.6 Å². The van der Waals surface area contributed by atoms with Gasteiger partial charge in [-0.2, -0.15) is 4.98 Å². The SMILES string of the molecule is Cc1ccc([N+](=O)[O-])cc1-c1noc(C2CCC(N)C2)n1. The molecule has 1 aliphatic rings. The van der Waals surface area contributed by atoms with Crippen LogP contribution in [0.25, 0.3) is 11.4 Å². The molecule has 1 aromatic heterocycles. The van der Waals surface area contributed by atoms with E-state index in [1.807, 2.05) is 6.92 Å². The van der Waals surface area contributed by atoms with Crippen LogP contribution in [0.3, 0.4) is 0 Å². The smallest absolute Gasteiger partial charge is 0.270 e. The Hall–Kier alpha value is -2.28. The van der Waals surface area contributed by atoms with E-state index < -0.39 is 4.92 Å². The molecule has 0 spiro atoms. The van der Waals surface area contributed by atoms with Crippen LogP contribution in [-0.4, -0.2) is 21.1 Å². The molecule has 110 valence electrons. The van der Waals surface area contributed by atoms with Gasteiger partial charge in [0.2, 0.25) is 11.7 Å². The fraction of sp³-hybridized carbons (Fsp3) is 0.429. The van der Waals surface area contributed by atoms with Gasteiger partial charge in [0.05, 0.1) is 4.92 Å². The van der Waals surface area contributed by atoms with Crippen LogP contribution < -0.4 is 5.73 Å². The summed E-state index contributed by atoms with van der Waals surface area (Å²) in [6.45, 7) is 1.86. The number of rotatable bonds is 3. The molecule has 21 heavy (non-hydrogen) atoms. The minimum Gasteiger partial charge on any atom is -0.339 e. The Bertz CT molecular complexity index is 683. The molecule has 0 aliphatic heterocycles. The van der Waals surface area contributed by atoms with Crippen LogP contribution >= 0.6 is 0 Å². The van der Waals surface area contributed by atoms with Crippen molar-refractivity contribution in [1.29, 1.82) is 0 Å². The summed E-state index contributed by atoms with van der Waals surface area (Å²) in [5, 5.41) is 14.8. The molecule has 0 amide bonds. The van der Waals surface area contributed by atoms with Gasteiger partial charge in [0.15, 0.2) is 0 Å². The molecule has 1 aliphatic carbocycles. The van der Waals surface area contributed by atoms with Crippen molar-refractivity contribution in [2.24, 2.45) is 5.73 Å². The standard InChI is InChI=1S/C14H16N4O3/c1-8-2-5-11(18(19)20)7-12(8)13-16-14(21-17-13)9-3-4-10(15)6-9/h2,5,7,9-10H,3-4,6,15H2,1H3. The molecule has 2 aromatic rings. The lowest BCUT2D eigenvalue weighted by molar-refractivity contribution is -0.384. The quantitative estimate of drug-likeness (QED) is 0.686. The highest BCUT2D eigenvalue weighted by Crippen LogP contribution is 2.34. The molecule has 1 aromatic carbocycles. The number of benzene rings is 1. The van der Waals surface area contributed by atoms with E-state index in [0.717, 1.165) is 24.8 Å². The second kappa shape index (κ2) is 5.25. The van der Waals surface area contributed by atoms with E-state index in [0.29, 0.717) is 17.3 Å². The predicted molar refractivity (Wildman–Crippen MR) is 75.7 cm³/mol. The molecule has 0 saturated heterocycles. The van der Waals surface area contributed by atoms with Crippen LogP contribution in [-0.2, 0) is 0 Å². The fourth-order valence-corrected chi connectivity index (χ4v) is 2.72. The zero-order chi connectivity index (χ0) is 15.0. The molecule has 2 atom stereocenters. The Morgan fingerprint density at radius 2 is 2.24 bits per heavy atom. The summed E-state index contributed by atoms with van der Waals surface area (Å²) in [4.78, 5) is 14.8. The third-order valence-electron chi connectivity index (χ3n) is 3.94. The largest absolute Gasteiger partial charge is 0.339 e. The molecule has 2 unspecified atom stereocenters. The van der Waals surface area contributed by atoms with Crippen molar-refractivity contribution in [3.63, 3.8) is 0 Å². The molecule has 0 bridgehead atoms. The number of nitro groups is 1. The van der Waals surface area contributed by atoms with Crippen LogP contribution in [0.4, 0.5) is 5.69 Å². The van der Waals surface area contributed by atoms with Crippen LogP contribution in [0.15, 0.2) is 22.7 Å². The summed E-state index contributed by atoms with van der Waals surface area (Å²) in [6, 6.07) is 4.82. The lowest BCUT2D eigenvalue weighted by Crippen LogP contribution is -2.14. The first-order valence-corrected chi connectivity index (χ1v) is 6.89. The van der Waals surface area contributed by atoms with Gasteiger partial charge in [-0.05, 0) is 31.7 Å². The Kier molecular flexibility index (Phi) is 3.42. The predicted octanol–water partition coefficient (Wildman–Crippen LogP) is 2.55. The number of nitrogens with zero attached hydrogens (tertiary/aromatic N) is 3. The molecule has 1 fully saturated rings. The average Bonchev–Trinajstić information content (AvgIpc) is 3.07. The van der Waals surface area contributed by atoms with Crippen molar-refractivity contribution in [3.8, 4) is 11.4 Å². The third-order valence-corrected chi connectivity index (χ3v) is 3.94. The second-order valence-electron chi connectivity index (χ2n) is 5.48. The van der Waals surface area contributed by atoms with Crippen molar-refractivity contribution in [3.05, 3.63) is 39.8 Å². The van der Waals surface area contributed by atoms with Crippen molar-refractivity contribution in [2.75, 3.05) is 0 Å². The van der Waals surface area contributed by atoms with Gasteiger partial charge in [-0.3, -0.25) is 10.1 Å². The molecule has 0 radical (unpaired) electrons. The van der Waals surface area contributed by atoms with E-state index in [2.05, 4.69) is 10.1 Å². The van der Waals surface area contributed by atoms with Gasteiger partial charge in [0.25, 0.3) is 5.69 Å². The molecule has 7 nitrogen and oxygen atoms in total. The number of nitro benzene ring substituents is 1. The minimum atomic E-state index is -0.431. The van der Waals surface area contributed by atoms with Crippen molar-refractivity contribution in [2.45, 2.75) is 38.1 Å². The van der Waals surface area contributed by atoms with E-state index in [1.54, 1.807) is 6.07 Å². The second-order valence-corrected chi connectivity index (χ2v) is 5.48. The Labute approximate surface area is 121 Å². The van der Waals surface area contributed by atoms with E-state index in [9.17, 15) is 10.1 Å². The summed E-state index contributed by atoms with van der Waals surface area (Å²) in [6.07, 6.45) is 2.74. The summed E-state index contributed by atoms with van der Waals surface area (Å²) < 4.78 is 5.32. The molecular formula is C14H16N4O3. The Morgan fingerprint density at radius 1 is 1.43 bits per heavy atom. The van der Waals surface area contributed by atoms with Gasteiger partial charge in [-0.25, -0.2) is 0 Å². The highest BCUT2D eigenvalue weighted by molar-refractivity contribution is 5.63. The fourth-order valence-electron chi connectivity index (χ4n) is 2.72. The van der Waals surface area contributed by atoms with Gasteiger partial charge in [-0.15, -0.1) is 0 Å². The van der Waals surface area contributed by atoms with Crippen LogP contribution in [0.5, 0.6) is 0 Å². The van der Waals surface area contributed by atoms with Gasteiger partial charge >= 0.3 is 0 Å². The van der Waals surface area contributed by atoms with Crippen LogP contribution in [0, 0.1) is 17.0 Å². The molecule has 2 N–H and O–H groups in total. The van der Waals surface area contributed by atoms with E-state index in [-0.39, 0.29) is 17.6 Å². The first kappa shape index (κ1) is 13.7. The number of hydrogen-bond acceptors (Lipinski definition) is 6. The first-order valence-electron chi connectivity index (χ1n) is 6.89. The highest BCUT2D eigenvalue weighted by Gasteiger charge is 2.28. The summed E-state index contributed by atoms with van der Waals surface area (Å²) in [5.41, 5.74) is 7.41. The number of nitrogens with two attached hydrogens (primary N) is 1. The molecule has 3 rings (SSSR count). The lowest BCUT2D eigenvalue weighted by Gasteiger charge is -2.02. The number of aromatic nitrogens is 2. The van der Waals surface area contributed by atoms with Crippen molar-refractivity contribution < 1.29 is 9.45 Å². The van der Waals surface area contributed by atoms with E-state index in [1.165, 1.54) is 12.1 Å². The number of hydrogen-bond donors (Lipinski definition) is 1. The Balaban J connectivity index is 1.92. The van der Waals surface area contributed by atoms with Gasteiger partial charge in [0, 0.05) is 29.7 Å². The zero-order valence-corrected chi connectivity index (χ0v) is 11.7. The number of non-ortho nitro benzene ring substituents is 1. The number of aryl methyl sites for hydroxylation is 1. The monoisotopic (exact) mass is 288 g/mol. The molecule has 7 heteroatoms. The molecule has 1 heterocycles. The van der Waals surface area contributed by atoms with E-state index in [4.69, 9.17) is 10.3 Å². The first-order chi connectivity index (χ1) is 10.0. The molecule has 1 saturated carbocycles. The Morgan fingerprint density at radius 3 is 2.90 bits per heavy atom. The van der Waals surface area contributed by atoms with E-state index >= 15 is 0 Å². The van der Waals surface area contributed by atoms with Crippen molar-refractivity contribution in [1.82, 2.24) is 10.1 Å². The summed E-state index contributed by atoms with van der Waals surface area (Å²) in [5.74, 6) is 1.16. The van der Waals surface area contributed by atoms with Crippen LogP contribution in [0.2, 0.25) is 0 Å². The van der Waals surface area contributed by atoms with Crippen molar-refractivity contribution >= 4 is 5.69 Å². The maximum Gasteiger partial charge on any atom is 0.270 e. The average molecular weight is 288 g/mol. The normalized spacial score (nSPS) is 21.6. The summed E-state index contributed by atoms with van der Waals surface area (Å²) >= 11 is 0. The van der Waals surface area contributed by atoms with Gasteiger partial charge in [-0.1, -0.05) is 11.2 Å². The lowest BCUT2D eigenvalue weighted by atomic mass is 10.1. The minimum absolute atomic E-state index is 0.0184. The third kappa shape index (κ3) is 2.64. The zero-order valence-electron chi connectivity index (χ0n) is 11.7. The maximum atomic E-state index is 10.9. The molecular weight excluding hydrogens is 272 g/mol. The van der Waals surface area contributed by atoms with Gasteiger partial charge < -0.3 is 10.3 Å². The highest BCUT2D eigenvalue weighted by atomic mass is 16.6. The summed E-state index contributed by atoms with van der Waals surface area (Å²) in [7, 11) is 0. The van der Waals surface area contributed by atoms with Gasteiger partial charge in [0.1, 0.15) is 0 Å².